The van der Waals surface area contributed by atoms with Crippen molar-refractivity contribution >= 4 is 33.3 Å². The van der Waals surface area contributed by atoms with E-state index in [0.29, 0.717) is 11.3 Å². The number of amides is 2. The summed E-state index contributed by atoms with van der Waals surface area (Å²) < 4.78 is 33.1. The summed E-state index contributed by atoms with van der Waals surface area (Å²) in [4.78, 5) is 38.3. The average molecular weight is 456 g/mol. The lowest BCUT2D eigenvalue weighted by atomic mass is 10.2. The zero-order chi connectivity index (χ0) is 23.3. The third-order valence-electron chi connectivity index (χ3n) is 4.38. The Morgan fingerprint density at radius 2 is 1.62 bits per heavy atom. The minimum atomic E-state index is -4.02. The molecular weight excluding hydrogens is 436 g/mol. The van der Waals surface area contributed by atoms with Gasteiger partial charge >= 0.3 is 0 Å². The number of benzene rings is 2. The number of carbonyl (C=O) groups excluding carboxylic acids is 3. The molecule has 3 rings (SSSR count). The molecule has 0 spiro atoms. The van der Waals surface area contributed by atoms with Crippen LogP contribution < -0.4 is 20.3 Å². The van der Waals surface area contributed by atoms with E-state index in [0.717, 1.165) is 0 Å². The van der Waals surface area contributed by atoms with Crippen molar-refractivity contribution < 1.29 is 27.5 Å². The predicted octanol–water partition coefficient (Wildman–Crippen LogP) is 2.10. The molecule has 0 saturated heterocycles. The van der Waals surface area contributed by atoms with E-state index in [1.165, 1.54) is 50.6 Å². The van der Waals surface area contributed by atoms with Gasteiger partial charge in [-0.15, -0.1) is 0 Å². The van der Waals surface area contributed by atoms with Gasteiger partial charge in [0.15, 0.2) is 5.78 Å². The monoisotopic (exact) mass is 456 g/mol. The summed E-state index contributed by atoms with van der Waals surface area (Å²) >= 11 is 0. The van der Waals surface area contributed by atoms with Crippen molar-refractivity contribution in [2.75, 3.05) is 11.8 Å². The first-order valence-electron chi connectivity index (χ1n) is 9.27. The van der Waals surface area contributed by atoms with E-state index in [1.54, 1.807) is 24.3 Å². The van der Waals surface area contributed by atoms with E-state index >= 15 is 0 Å². The van der Waals surface area contributed by atoms with Gasteiger partial charge < -0.3 is 9.72 Å². The third kappa shape index (κ3) is 5.13. The lowest BCUT2D eigenvalue weighted by Crippen LogP contribution is -2.41. The minimum absolute atomic E-state index is 0.00381. The Hall–Kier alpha value is -4.12. The van der Waals surface area contributed by atoms with Crippen LogP contribution in [-0.4, -0.2) is 38.1 Å². The van der Waals surface area contributed by atoms with Gasteiger partial charge in [-0.2, -0.15) is 0 Å². The van der Waals surface area contributed by atoms with Crippen molar-refractivity contribution in [3.63, 3.8) is 0 Å². The van der Waals surface area contributed by atoms with E-state index in [-0.39, 0.29) is 27.6 Å². The molecule has 0 unspecified atom stereocenters. The number of methoxy groups -OCH3 is 1. The second-order valence-corrected chi connectivity index (χ2v) is 8.28. The van der Waals surface area contributed by atoms with Gasteiger partial charge in [0.05, 0.1) is 17.7 Å². The normalized spacial score (nSPS) is 10.8. The van der Waals surface area contributed by atoms with Crippen LogP contribution in [0.3, 0.4) is 0 Å². The smallest absolute Gasteiger partial charge is 0.286 e. The van der Waals surface area contributed by atoms with E-state index in [2.05, 4.69) is 20.6 Å². The van der Waals surface area contributed by atoms with Crippen LogP contribution in [0.15, 0.2) is 65.7 Å². The maximum atomic E-state index is 12.8. The highest BCUT2D eigenvalue weighted by molar-refractivity contribution is 7.92. The lowest BCUT2D eigenvalue weighted by Gasteiger charge is -2.12. The number of Topliss-reactive ketones (excluding diaryl/α,β-unsaturated/α-hetero) is 1. The van der Waals surface area contributed by atoms with Crippen LogP contribution in [0.5, 0.6) is 5.75 Å². The first kappa shape index (κ1) is 22.6. The van der Waals surface area contributed by atoms with Crippen LogP contribution >= 0.6 is 0 Å². The Morgan fingerprint density at radius 1 is 0.906 bits per heavy atom. The zero-order valence-electron chi connectivity index (χ0n) is 17.1. The summed E-state index contributed by atoms with van der Waals surface area (Å²) in [5, 5.41) is 0. The number of ether oxygens (including phenoxy) is 1. The molecule has 0 aliphatic carbocycles. The molecule has 3 aromatic rings. The molecule has 166 valence electrons. The highest BCUT2D eigenvalue weighted by Gasteiger charge is 2.19. The SMILES string of the molecule is COc1ccccc1NS(=O)(=O)c1cccc(C(=O)NNC(=O)c2cc(C(C)=O)c[nH]2)c1. The van der Waals surface area contributed by atoms with Crippen LogP contribution in [-0.2, 0) is 10.0 Å². The van der Waals surface area contributed by atoms with Crippen molar-refractivity contribution in [2.24, 2.45) is 0 Å². The van der Waals surface area contributed by atoms with Crippen LogP contribution in [0, 0.1) is 0 Å². The maximum Gasteiger partial charge on any atom is 0.286 e. The summed E-state index contributed by atoms with van der Waals surface area (Å²) in [5.74, 6) is -1.28. The summed E-state index contributed by atoms with van der Waals surface area (Å²) in [6, 6.07) is 13.1. The molecule has 4 N–H and O–H groups in total. The second-order valence-electron chi connectivity index (χ2n) is 6.60. The highest BCUT2D eigenvalue weighted by Crippen LogP contribution is 2.26. The van der Waals surface area contributed by atoms with Gasteiger partial charge in [-0.05, 0) is 43.3 Å². The van der Waals surface area contributed by atoms with E-state index in [4.69, 9.17) is 4.74 Å². The molecule has 1 heterocycles. The number of hydrazine groups is 1. The van der Waals surface area contributed by atoms with Crippen LogP contribution in [0.1, 0.15) is 38.1 Å². The fraction of sp³-hybridized carbons (Fsp3) is 0.0952. The van der Waals surface area contributed by atoms with Gasteiger partial charge in [-0.3, -0.25) is 30.0 Å². The fourth-order valence-electron chi connectivity index (χ4n) is 2.72. The van der Waals surface area contributed by atoms with Gasteiger partial charge in [0.1, 0.15) is 11.4 Å². The van der Waals surface area contributed by atoms with Gasteiger partial charge in [0.2, 0.25) is 0 Å². The van der Waals surface area contributed by atoms with Gasteiger partial charge in [0.25, 0.3) is 21.8 Å². The van der Waals surface area contributed by atoms with Gasteiger partial charge in [0, 0.05) is 17.3 Å². The fourth-order valence-corrected chi connectivity index (χ4v) is 3.83. The van der Waals surface area contributed by atoms with Crippen molar-refractivity contribution in [1.29, 1.82) is 0 Å². The highest BCUT2D eigenvalue weighted by atomic mass is 32.2. The molecule has 0 fully saturated rings. The molecule has 1 aromatic heterocycles. The van der Waals surface area contributed by atoms with E-state index < -0.39 is 21.8 Å². The number of hydrogen-bond donors (Lipinski definition) is 4. The minimum Gasteiger partial charge on any atom is -0.495 e. The van der Waals surface area contributed by atoms with Gasteiger partial charge in [-0.25, -0.2) is 8.42 Å². The van der Waals surface area contributed by atoms with Crippen LogP contribution in [0.2, 0.25) is 0 Å². The van der Waals surface area contributed by atoms with Crippen molar-refractivity contribution in [1.82, 2.24) is 15.8 Å². The first-order valence-corrected chi connectivity index (χ1v) is 10.8. The molecule has 0 saturated carbocycles. The number of carbonyl (C=O) groups is 3. The number of rotatable bonds is 7. The van der Waals surface area contributed by atoms with E-state index in [9.17, 15) is 22.8 Å². The Kier molecular flexibility index (Phi) is 6.59. The Morgan fingerprint density at radius 3 is 2.31 bits per heavy atom. The number of H-pyrrole nitrogens is 1. The summed E-state index contributed by atoms with van der Waals surface area (Å²) in [7, 11) is -2.60. The first-order chi connectivity index (χ1) is 15.2. The molecule has 32 heavy (non-hydrogen) atoms. The molecule has 0 aliphatic rings. The molecule has 0 radical (unpaired) electrons. The molecule has 2 aromatic carbocycles. The number of ketones is 1. The lowest BCUT2D eigenvalue weighted by molar-refractivity contribution is 0.0844. The van der Waals surface area contributed by atoms with Gasteiger partial charge in [-0.1, -0.05) is 18.2 Å². The molecule has 11 heteroatoms. The Bertz CT molecular complexity index is 1280. The standard InChI is InChI=1S/C21H20N4O6S/c1-13(26)15-11-18(22-12-15)21(28)24-23-20(27)14-6-5-7-16(10-14)32(29,30)25-17-8-3-4-9-19(17)31-2/h3-12,22,25H,1-2H3,(H,23,27)(H,24,28). The number of hydrogen-bond acceptors (Lipinski definition) is 6. The number of aromatic nitrogens is 1. The molecule has 0 aliphatic heterocycles. The van der Waals surface area contributed by atoms with Crippen molar-refractivity contribution in [3.05, 3.63) is 77.6 Å². The summed E-state index contributed by atoms with van der Waals surface area (Å²) in [6.07, 6.45) is 1.38. The molecule has 2 amide bonds. The number of anilines is 1. The number of para-hydroxylation sites is 2. The number of nitrogens with one attached hydrogen (secondary N) is 4. The topological polar surface area (TPSA) is 146 Å². The summed E-state index contributed by atoms with van der Waals surface area (Å²) in [5.41, 5.74) is 5.05. The second kappa shape index (κ2) is 9.35. The molecule has 0 atom stereocenters. The van der Waals surface area contributed by atoms with Crippen molar-refractivity contribution in [3.8, 4) is 5.75 Å². The van der Waals surface area contributed by atoms with E-state index in [1.807, 2.05) is 0 Å². The Balaban J connectivity index is 1.71. The zero-order valence-corrected chi connectivity index (χ0v) is 17.9. The molecular formula is C21H20N4O6S. The molecule has 0 bridgehead atoms. The van der Waals surface area contributed by atoms with Crippen LogP contribution in [0.25, 0.3) is 0 Å². The number of sulfonamides is 1. The predicted molar refractivity (Wildman–Crippen MR) is 116 cm³/mol. The molecule has 10 nitrogen and oxygen atoms in total. The van der Waals surface area contributed by atoms with Crippen molar-refractivity contribution in [2.45, 2.75) is 11.8 Å². The third-order valence-corrected chi connectivity index (χ3v) is 5.74. The quantitative estimate of drug-likeness (QED) is 0.316. The largest absolute Gasteiger partial charge is 0.495 e. The van der Waals surface area contributed by atoms with Crippen LogP contribution in [0.4, 0.5) is 5.69 Å². The summed E-state index contributed by atoms with van der Waals surface area (Å²) in [6.45, 7) is 1.36. The Labute approximate surface area is 184 Å². The number of aromatic amines is 1. The maximum absolute atomic E-state index is 12.8. The average Bonchev–Trinajstić information content (AvgIpc) is 3.28.